The first-order chi connectivity index (χ1) is 15.1. The monoisotopic (exact) mass is 460 g/mol. The number of ether oxygens (including phenoxy) is 3. The Hall–Kier alpha value is -2.95. The van der Waals surface area contributed by atoms with Crippen molar-refractivity contribution in [3.8, 4) is 11.5 Å². The van der Waals surface area contributed by atoms with Gasteiger partial charge in [-0.25, -0.2) is 8.42 Å². The number of nitrogens with zero attached hydrogens (tertiary/aromatic N) is 1. The molecule has 0 aromatic heterocycles. The Morgan fingerprint density at radius 1 is 1.03 bits per heavy atom. The number of nitrogens with one attached hydrogen (secondary N) is 1. The van der Waals surface area contributed by atoms with E-state index in [2.05, 4.69) is 5.32 Å². The van der Waals surface area contributed by atoms with Crippen LogP contribution in [-0.4, -0.2) is 56.5 Å². The van der Waals surface area contributed by atoms with Crippen molar-refractivity contribution in [3.63, 3.8) is 0 Å². The van der Waals surface area contributed by atoms with Gasteiger partial charge in [0.1, 0.15) is 0 Å². The molecule has 2 aliphatic heterocycles. The molecular weight excluding hydrogens is 436 g/mol. The summed E-state index contributed by atoms with van der Waals surface area (Å²) in [5.41, 5.74) is 0.672. The van der Waals surface area contributed by atoms with Crippen LogP contribution >= 0.6 is 0 Å². The number of hydrogen-bond donors (Lipinski definition) is 1. The zero-order valence-corrected chi connectivity index (χ0v) is 18.8. The number of Topliss-reactive ketones (excluding diaryl/α,β-unsaturated/α-hetero) is 1. The first kappa shape index (κ1) is 22.3. The molecule has 1 N–H and O–H groups in total. The molecule has 4 rings (SSSR count). The normalized spacial score (nSPS) is 20.7. The molecule has 2 aromatic carbocycles. The van der Waals surface area contributed by atoms with Gasteiger partial charge >= 0.3 is 0 Å². The van der Waals surface area contributed by atoms with Gasteiger partial charge in [0.05, 0.1) is 22.8 Å². The molecular formula is C22H24N2O7S. The predicted octanol–water partition coefficient (Wildman–Crippen LogP) is 2.67. The highest BCUT2D eigenvalue weighted by Gasteiger charge is 2.32. The molecule has 1 amide bonds. The number of amides is 1. The Kier molecular flexibility index (Phi) is 5.93. The lowest BCUT2D eigenvalue weighted by Gasteiger charge is -2.34. The van der Waals surface area contributed by atoms with Crippen LogP contribution in [0.1, 0.15) is 41.5 Å². The smallest absolute Gasteiger partial charge is 0.255 e. The fourth-order valence-corrected chi connectivity index (χ4v) is 5.44. The van der Waals surface area contributed by atoms with Crippen LogP contribution in [0.25, 0.3) is 0 Å². The Balaban J connectivity index is 1.60. The number of ketones is 1. The molecule has 1 saturated heterocycles. The molecule has 10 heteroatoms. The van der Waals surface area contributed by atoms with Gasteiger partial charge < -0.3 is 19.5 Å². The number of benzene rings is 2. The van der Waals surface area contributed by atoms with Crippen molar-refractivity contribution in [2.75, 3.05) is 25.2 Å². The van der Waals surface area contributed by atoms with E-state index in [-0.39, 0.29) is 59.6 Å². The minimum absolute atomic E-state index is 0.0175. The fourth-order valence-electron chi connectivity index (χ4n) is 3.80. The van der Waals surface area contributed by atoms with Crippen molar-refractivity contribution in [2.45, 2.75) is 37.9 Å². The summed E-state index contributed by atoms with van der Waals surface area (Å²) in [5, 5.41) is 2.69. The Bertz CT molecular complexity index is 1170. The lowest BCUT2D eigenvalue weighted by molar-refractivity contribution is -0.0440. The summed E-state index contributed by atoms with van der Waals surface area (Å²) in [6.45, 7) is 5.53. The third kappa shape index (κ3) is 4.34. The first-order valence-corrected chi connectivity index (χ1v) is 11.6. The number of carbonyl (C=O) groups excluding carboxylic acids is 2. The SMILES string of the molecule is CC(=O)c1cc2c(cc1NC(=O)c1cccc(S(=O)(=O)N3C[C@H](C)O[C@@H](C)C3)c1)OCO2. The maximum atomic E-state index is 13.1. The van der Waals surface area contributed by atoms with E-state index in [0.29, 0.717) is 11.5 Å². The summed E-state index contributed by atoms with van der Waals surface area (Å²) < 4.78 is 43.9. The lowest BCUT2D eigenvalue weighted by Crippen LogP contribution is -2.48. The maximum Gasteiger partial charge on any atom is 0.255 e. The average molecular weight is 461 g/mol. The van der Waals surface area contributed by atoms with E-state index < -0.39 is 15.9 Å². The maximum absolute atomic E-state index is 13.1. The second kappa shape index (κ2) is 8.53. The third-order valence-electron chi connectivity index (χ3n) is 5.26. The summed E-state index contributed by atoms with van der Waals surface area (Å²) in [4.78, 5) is 25.0. The van der Waals surface area contributed by atoms with Gasteiger partial charge in [-0.05, 0) is 45.0 Å². The molecule has 2 heterocycles. The number of fused-ring (bicyclic) bond motifs is 1. The van der Waals surface area contributed by atoms with Crippen LogP contribution in [0.3, 0.4) is 0 Å². The average Bonchev–Trinajstić information content (AvgIpc) is 3.20. The fraction of sp³-hybridized carbons (Fsp3) is 0.364. The molecule has 32 heavy (non-hydrogen) atoms. The molecule has 0 bridgehead atoms. The molecule has 170 valence electrons. The van der Waals surface area contributed by atoms with E-state index in [4.69, 9.17) is 14.2 Å². The van der Waals surface area contributed by atoms with E-state index in [1.54, 1.807) is 0 Å². The molecule has 9 nitrogen and oxygen atoms in total. The zero-order chi connectivity index (χ0) is 23.0. The lowest BCUT2D eigenvalue weighted by atomic mass is 10.1. The molecule has 0 aliphatic carbocycles. The molecule has 0 radical (unpaired) electrons. The molecule has 2 atom stereocenters. The number of carbonyl (C=O) groups is 2. The first-order valence-electron chi connectivity index (χ1n) is 10.2. The van der Waals surface area contributed by atoms with Crippen LogP contribution in [0.2, 0.25) is 0 Å². The van der Waals surface area contributed by atoms with Crippen molar-refractivity contribution in [2.24, 2.45) is 0 Å². The van der Waals surface area contributed by atoms with Crippen molar-refractivity contribution in [3.05, 3.63) is 47.5 Å². The molecule has 0 unspecified atom stereocenters. The number of anilines is 1. The van der Waals surface area contributed by atoms with E-state index in [1.165, 1.54) is 47.6 Å². The van der Waals surface area contributed by atoms with E-state index in [0.717, 1.165) is 0 Å². The standard InChI is InChI=1S/C22H24N2O7S/c1-13-10-24(11-14(2)31-13)32(27,28)17-6-4-5-16(7-17)22(26)23-19-9-21-20(29-12-30-21)8-18(19)15(3)25/h4-9,13-14H,10-12H2,1-3H3,(H,23,26)/t13-,14-/m0/s1. The molecule has 2 aromatic rings. The summed E-state index contributed by atoms with van der Waals surface area (Å²) in [6.07, 6.45) is -0.452. The Morgan fingerprint density at radius 3 is 2.34 bits per heavy atom. The quantitative estimate of drug-likeness (QED) is 0.683. The summed E-state index contributed by atoms with van der Waals surface area (Å²) in [6, 6.07) is 8.85. The molecule has 1 fully saturated rings. The van der Waals surface area contributed by atoms with E-state index in [1.807, 2.05) is 13.8 Å². The van der Waals surface area contributed by atoms with Crippen molar-refractivity contribution in [1.29, 1.82) is 0 Å². The van der Waals surface area contributed by atoms with Gasteiger partial charge in [0.25, 0.3) is 5.91 Å². The summed E-state index contributed by atoms with van der Waals surface area (Å²) in [7, 11) is -3.80. The minimum Gasteiger partial charge on any atom is -0.454 e. The zero-order valence-electron chi connectivity index (χ0n) is 18.0. The van der Waals surface area contributed by atoms with E-state index >= 15 is 0 Å². The topological polar surface area (TPSA) is 111 Å². The number of hydrogen-bond acceptors (Lipinski definition) is 7. The Labute approximate surface area is 186 Å². The van der Waals surface area contributed by atoms with Crippen molar-refractivity contribution < 1.29 is 32.2 Å². The van der Waals surface area contributed by atoms with Crippen LogP contribution in [0.4, 0.5) is 5.69 Å². The van der Waals surface area contributed by atoms with Gasteiger partial charge in [-0.15, -0.1) is 0 Å². The van der Waals surface area contributed by atoms with Crippen LogP contribution in [0.5, 0.6) is 11.5 Å². The third-order valence-corrected chi connectivity index (χ3v) is 7.09. The number of sulfonamides is 1. The largest absolute Gasteiger partial charge is 0.454 e. The van der Waals surface area contributed by atoms with Crippen LogP contribution in [-0.2, 0) is 14.8 Å². The second-order valence-corrected chi connectivity index (χ2v) is 9.81. The van der Waals surface area contributed by atoms with Gasteiger partial charge in [-0.2, -0.15) is 4.31 Å². The van der Waals surface area contributed by atoms with Gasteiger partial charge in [-0.1, -0.05) is 6.07 Å². The highest BCUT2D eigenvalue weighted by Crippen LogP contribution is 2.37. The highest BCUT2D eigenvalue weighted by molar-refractivity contribution is 7.89. The van der Waals surface area contributed by atoms with Crippen LogP contribution in [0, 0.1) is 0 Å². The van der Waals surface area contributed by atoms with Crippen molar-refractivity contribution in [1.82, 2.24) is 4.31 Å². The molecule has 0 spiro atoms. The number of rotatable bonds is 5. The highest BCUT2D eigenvalue weighted by atomic mass is 32.2. The van der Waals surface area contributed by atoms with Gasteiger partial charge in [0.2, 0.25) is 16.8 Å². The van der Waals surface area contributed by atoms with Gasteiger partial charge in [0, 0.05) is 30.3 Å². The van der Waals surface area contributed by atoms with Gasteiger partial charge in [-0.3, -0.25) is 9.59 Å². The van der Waals surface area contributed by atoms with Crippen LogP contribution in [0.15, 0.2) is 41.3 Å². The summed E-state index contributed by atoms with van der Waals surface area (Å²) in [5.74, 6) is 0.0325. The van der Waals surface area contributed by atoms with E-state index in [9.17, 15) is 18.0 Å². The number of morpholine rings is 1. The van der Waals surface area contributed by atoms with Gasteiger partial charge in [0.15, 0.2) is 17.3 Å². The second-order valence-electron chi connectivity index (χ2n) is 7.87. The summed E-state index contributed by atoms with van der Waals surface area (Å²) >= 11 is 0. The Morgan fingerprint density at radius 2 is 1.69 bits per heavy atom. The minimum atomic E-state index is -3.80. The predicted molar refractivity (Wildman–Crippen MR) is 116 cm³/mol. The van der Waals surface area contributed by atoms with Crippen LogP contribution < -0.4 is 14.8 Å². The molecule has 2 aliphatic rings. The molecule has 0 saturated carbocycles. The van der Waals surface area contributed by atoms with Crippen molar-refractivity contribution >= 4 is 27.4 Å².